The second-order valence-corrected chi connectivity index (χ2v) is 6.91. The van der Waals surface area contributed by atoms with Crippen molar-refractivity contribution in [3.8, 4) is 0 Å². The van der Waals surface area contributed by atoms with E-state index in [0.29, 0.717) is 18.9 Å². The Hall–Kier alpha value is -1.72. The highest BCUT2D eigenvalue weighted by atomic mass is 19.4. The van der Waals surface area contributed by atoms with Gasteiger partial charge in [-0.3, -0.25) is 4.79 Å². The van der Waals surface area contributed by atoms with E-state index in [0.717, 1.165) is 25.3 Å². The average Bonchev–Trinajstić information content (AvgIpc) is 3.38. The van der Waals surface area contributed by atoms with Crippen LogP contribution in [0.2, 0.25) is 0 Å². The molecule has 0 unspecified atom stereocenters. The molecule has 0 aliphatic heterocycles. The molecule has 1 aromatic carbocycles. The number of benzene rings is 1. The van der Waals surface area contributed by atoms with Gasteiger partial charge in [0.15, 0.2) is 0 Å². The second kappa shape index (κ2) is 7.03. The maximum absolute atomic E-state index is 12.4. The van der Waals surface area contributed by atoms with Crippen LogP contribution < -0.4 is 10.2 Å². The molecule has 132 valence electrons. The summed E-state index contributed by atoms with van der Waals surface area (Å²) >= 11 is 0. The van der Waals surface area contributed by atoms with E-state index in [1.54, 1.807) is 0 Å². The third-order valence-corrected chi connectivity index (χ3v) is 4.97. The molecule has 0 atom stereocenters. The molecule has 2 fully saturated rings. The number of nitrogens with one attached hydrogen (secondary N) is 1. The third-order valence-electron chi connectivity index (χ3n) is 4.97. The Morgan fingerprint density at radius 1 is 1.04 bits per heavy atom. The summed E-state index contributed by atoms with van der Waals surface area (Å²) in [4.78, 5) is 13.5. The molecule has 2 aliphatic rings. The van der Waals surface area contributed by atoms with Gasteiger partial charge in [0, 0.05) is 24.3 Å². The lowest BCUT2D eigenvalue weighted by molar-refractivity contribution is -0.174. The van der Waals surface area contributed by atoms with Crippen LogP contribution in [0.4, 0.5) is 18.9 Å². The van der Waals surface area contributed by atoms with Crippen LogP contribution in [-0.4, -0.2) is 30.7 Å². The van der Waals surface area contributed by atoms with E-state index >= 15 is 0 Å². The van der Waals surface area contributed by atoms with Gasteiger partial charge in [-0.1, -0.05) is 18.2 Å². The number of hydrogen-bond acceptors (Lipinski definition) is 2. The summed E-state index contributed by atoms with van der Waals surface area (Å²) in [6.45, 7) is 1.02. The Morgan fingerprint density at radius 2 is 1.67 bits per heavy atom. The Labute approximate surface area is 140 Å². The van der Waals surface area contributed by atoms with Crippen molar-refractivity contribution >= 4 is 11.6 Å². The van der Waals surface area contributed by atoms with E-state index < -0.39 is 12.1 Å². The lowest BCUT2D eigenvalue weighted by Gasteiger charge is -2.39. The van der Waals surface area contributed by atoms with E-state index in [1.807, 2.05) is 18.2 Å². The van der Waals surface area contributed by atoms with Gasteiger partial charge in [-0.2, -0.15) is 13.2 Å². The molecule has 1 N–H and O–H groups in total. The SMILES string of the molecule is O=C(NC1CCC(N(CC2CC2)c2ccccc2)CC1)C(F)(F)F. The molecule has 0 bridgehead atoms. The van der Waals surface area contributed by atoms with E-state index in [-0.39, 0.29) is 6.04 Å². The van der Waals surface area contributed by atoms with E-state index in [1.165, 1.54) is 18.5 Å². The number of rotatable bonds is 5. The van der Waals surface area contributed by atoms with E-state index in [9.17, 15) is 18.0 Å². The average molecular weight is 340 g/mol. The number of para-hydroxylation sites is 1. The first-order chi connectivity index (χ1) is 11.4. The molecule has 0 spiro atoms. The Kier molecular flexibility index (Phi) is 5.01. The van der Waals surface area contributed by atoms with Gasteiger partial charge in [-0.15, -0.1) is 0 Å². The molecule has 3 rings (SSSR count). The van der Waals surface area contributed by atoms with Gasteiger partial charge in [-0.05, 0) is 56.6 Å². The van der Waals surface area contributed by atoms with Crippen molar-refractivity contribution in [3.63, 3.8) is 0 Å². The van der Waals surface area contributed by atoms with Crippen LogP contribution in [0, 0.1) is 5.92 Å². The normalized spacial score (nSPS) is 24.5. The first kappa shape index (κ1) is 17.1. The molecule has 2 saturated carbocycles. The van der Waals surface area contributed by atoms with Gasteiger partial charge in [0.1, 0.15) is 0 Å². The number of nitrogens with zero attached hydrogens (tertiary/aromatic N) is 1. The number of hydrogen-bond donors (Lipinski definition) is 1. The quantitative estimate of drug-likeness (QED) is 0.882. The number of alkyl halides is 3. The summed E-state index contributed by atoms with van der Waals surface area (Å²) in [5.74, 6) is -1.07. The highest BCUT2D eigenvalue weighted by Crippen LogP contribution is 2.35. The third kappa shape index (κ3) is 4.42. The number of anilines is 1. The molecular weight excluding hydrogens is 317 g/mol. The number of carbonyl (C=O) groups is 1. The fourth-order valence-electron chi connectivity index (χ4n) is 3.46. The second-order valence-electron chi connectivity index (χ2n) is 6.91. The van der Waals surface area contributed by atoms with Crippen molar-refractivity contribution in [1.82, 2.24) is 5.32 Å². The van der Waals surface area contributed by atoms with Crippen LogP contribution in [0.15, 0.2) is 30.3 Å². The fraction of sp³-hybridized carbons (Fsp3) is 0.611. The van der Waals surface area contributed by atoms with Crippen LogP contribution in [0.1, 0.15) is 38.5 Å². The summed E-state index contributed by atoms with van der Waals surface area (Å²) in [6.07, 6.45) is 0.551. The molecule has 0 aromatic heterocycles. The molecule has 24 heavy (non-hydrogen) atoms. The van der Waals surface area contributed by atoms with Gasteiger partial charge in [0.2, 0.25) is 0 Å². The maximum Gasteiger partial charge on any atom is 0.471 e. The van der Waals surface area contributed by atoms with Crippen molar-refractivity contribution < 1.29 is 18.0 Å². The van der Waals surface area contributed by atoms with Crippen molar-refractivity contribution in [2.24, 2.45) is 5.92 Å². The fourth-order valence-corrected chi connectivity index (χ4v) is 3.46. The summed E-state index contributed by atoms with van der Waals surface area (Å²) in [5.41, 5.74) is 1.19. The van der Waals surface area contributed by atoms with Crippen molar-refractivity contribution in [2.75, 3.05) is 11.4 Å². The first-order valence-corrected chi connectivity index (χ1v) is 8.63. The Balaban J connectivity index is 1.58. The van der Waals surface area contributed by atoms with Gasteiger partial charge in [0.25, 0.3) is 0 Å². The predicted octanol–water partition coefficient (Wildman–Crippen LogP) is 3.89. The standard InChI is InChI=1S/C18H23F3N2O/c19-18(20,21)17(24)22-14-8-10-16(11-9-14)23(12-13-6-7-13)15-4-2-1-3-5-15/h1-5,13-14,16H,6-12H2,(H,22,24). The minimum atomic E-state index is -4.79. The van der Waals surface area contributed by atoms with Crippen LogP contribution in [0.5, 0.6) is 0 Å². The lowest BCUT2D eigenvalue weighted by Crippen LogP contribution is -2.47. The van der Waals surface area contributed by atoms with Gasteiger partial charge in [0.05, 0.1) is 0 Å². The van der Waals surface area contributed by atoms with E-state index in [4.69, 9.17) is 0 Å². The zero-order chi connectivity index (χ0) is 17.2. The predicted molar refractivity (Wildman–Crippen MR) is 86.8 cm³/mol. The molecule has 0 heterocycles. The van der Waals surface area contributed by atoms with Crippen molar-refractivity contribution in [2.45, 2.75) is 56.8 Å². The van der Waals surface area contributed by atoms with Gasteiger partial charge >= 0.3 is 12.1 Å². The minimum Gasteiger partial charge on any atom is -0.368 e. The largest absolute Gasteiger partial charge is 0.471 e. The van der Waals surface area contributed by atoms with Crippen LogP contribution >= 0.6 is 0 Å². The lowest BCUT2D eigenvalue weighted by atomic mass is 9.89. The molecule has 6 heteroatoms. The summed E-state index contributed by atoms with van der Waals surface area (Å²) < 4.78 is 37.1. The molecule has 0 radical (unpaired) electrons. The highest BCUT2D eigenvalue weighted by Gasteiger charge is 2.40. The summed E-state index contributed by atoms with van der Waals surface area (Å²) in [5, 5.41) is 2.13. The zero-order valence-electron chi connectivity index (χ0n) is 13.6. The maximum atomic E-state index is 12.4. The first-order valence-electron chi connectivity index (χ1n) is 8.63. The minimum absolute atomic E-state index is 0.340. The smallest absolute Gasteiger partial charge is 0.368 e. The molecule has 0 saturated heterocycles. The van der Waals surface area contributed by atoms with Crippen molar-refractivity contribution in [1.29, 1.82) is 0 Å². The topological polar surface area (TPSA) is 32.3 Å². The molecule has 1 amide bonds. The molecule has 2 aliphatic carbocycles. The monoisotopic (exact) mass is 340 g/mol. The van der Waals surface area contributed by atoms with E-state index in [2.05, 4.69) is 22.3 Å². The molecule has 1 aromatic rings. The Morgan fingerprint density at radius 3 is 2.21 bits per heavy atom. The molecular formula is C18H23F3N2O. The van der Waals surface area contributed by atoms with Gasteiger partial charge < -0.3 is 10.2 Å². The summed E-state index contributed by atoms with van der Waals surface area (Å²) in [7, 11) is 0. The zero-order valence-corrected chi connectivity index (χ0v) is 13.6. The highest BCUT2D eigenvalue weighted by molar-refractivity contribution is 5.81. The summed E-state index contributed by atoms with van der Waals surface area (Å²) in [6, 6.07) is 10.2. The number of amides is 1. The number of halogens is 3. The Bertz CT molecular complexity index is 549. The van der Waals surface area contributed by atoms with Gasteiger partial charge in [-0.25, -0.2) is 0 Å². The molecule has 3 nitrogen and oxygen atoms in total. The van der Waals surface area contributed by atoms with Crippen molar-refractivity contribution in [3.05, 3.63) is 30.3 Å². The number of carbonyl (C=O) groups excluding carboxylic acids is 1. The van der Waals surface area contributed by atoms with Crippen LogP contribution in [-0.2, 0) is 4.79 Å². The van der Waals surface area contributed by atoms with Crippen LogP contribution in [0.25, 0.3) is 0 Å². The van der Waals surface area contributed by atoms with Crippen LogP contribution in [0.3, 0.4) is 0 Å².